The summed E-state index contributed by atoms with van der Waals surface area (Å²) < 4.78 is 2.05. The summed E-state index contributed by atoms with van der Waals surface area (Å²) in [6, 6.07) is 4.26. The van der Waals surface area contributed by atoms with Crippen molar-refractivity contribution in [2.24, 2.45) is 13.0 Å². The van der Waals surface area contributed by atoms with Crippen molar-refractivity contribution in [3.05, 3.63) is 40.1 Å². The summed E-state index contributed by atoms with van der Waals surface area (Å²) in [5.74, 6) is 0.926. The second-order valence-corrected chi connectivity index (χ2v) is 8.53. The SMILES string of the molecule is CC1CCN(C(=O)[C@H]2CN(Cc3cccs3)Cc3ncn(C)c32)CC1. The zero-order valence-corrected chi connectivity index (χ0v) is 15.8. The van der Waals surface area contributed by atoms with E-state index in [1.807, 2.05) is 17.9 Å². The first kappa shape index (κ1) is 16.8. The lowest BCUT2D eigenvalue weighted by molar-refractivity contribution is -0.135. The van der Waals surface area contributed by atoms with Gasteiger partial charge in [0.25, 0.3) is 0 Å². The van der Waals surface area contributed by atoms with Gasteiger partial charge in [-0.15, -0.1) is 11.3 Å². The molecule has 2 aliphatic heterocycles. The van der Waals surface area contributed by atoms with E-state index in [0.717, 1.165) is 62.9 Å². The third-order valence-corrected chi connectivity index (χ3v) is 6.42. The Morgan fingerprint density at radius 1 is 1.36 bits per heavy atom. The van der Waals surface area contributed by atoms with E-state index in [0.29, 0.717) is 0 Å². The van der Waals surface area contributed by atoms with Crippen LogP contribution in [0.4, 0.5) is 0 Å². The van der Waals surface area contributed by atoms with E-state index in [1.54, 1.807) is 11.3 Å². The first-order valence-electron chi connectivity index (χ1n) is 9.15. The van der Waals surface area contributed by atoms with Crippen molar-refractivity contribution >= 4 is 17.2 Å². The minimum absolute atomic E-state index is 0.0929. The molecule has 0 aliphatic carbocycles. The highest BCUT2D eigenvalue weighted by Crippen LogP contribution is 2.31. The number of fused-ring (bicyclic) bond motifs is 1. The Kier molecular flexibility index (Phi) is 4.65. The number of amides is 1. The van der Waals surface area contributed by atoms with Gasteiger partial charge in [-0.2, -0.15) is 0 Å². The number of piperidine rings is 1. The van der Waals surface area contributed by atoms with Crippen LogP contribution in [0, 0.1) is 5.92 Å². The van der Waals surface area contributed by atoms with Crippen molar-refractivity contribution in [2.45, 2.75) is 38.8 Å². The molecule has 2 aromatic rings. The number of carbonyl (C=O) groups is 1. The second kappa shape index (κ2) is 6.92. The number of thiophene rings is 1. The zero-order chi connectivity index (χ0) is 17.4. The number of hydrogen-bond acceptors (Lipinski definition) is 4. The van der Waals surface area contributed by atoms with Crippen LogP contribution in [0.3, 0.4) is 0 Å². The van der Waals surface area contributed by atoms with Gasteiger partial charge in [-0.3, -0.25) is 9.69 Å². The molecule has 0 radical (unpaired) electrons. The van der Waals surface area contributed by atoms with E-state index in [2.05, 4.69) is 39.2 Å². The molecule has 1 saturated heterocycles. The van der Waals surface area contributed by atoms with Gasteiger partial charge in [0.1, 0.15) is 0 Å². The van der Waals surface area contributed by atoms with Gasteiger partial charge in [0.15, 0.2) is 0 Å². The van der Waals surface area contributed by atoms with Gasteiger partial charge in [-0.05, 0) is 30.2 Å². The van der Waals surface area contributed by atoms with Crippen LogP contribution in [0.1, 0.15) is 41.9 Å². The maximum Gasteiger partial charge on any atom is 0.233 e. The molecule has 0 aromatic carbocycles. The monoisotopic (exact) mass is 358 g/mol. The van der Waals surface area contributed by atoms with Crippen molar-refractivity contribution in [3.63, 3.8) is 0 Å². The lowest BCUT2D eigenvalue weighted by atomic mass is 9.93. The predicted octanol–water partition coefficient (Wildman–Crippen LogP) is 2.84. The van der Waals surface area contributed by atoms with Crippen LogP contribution >= 0.6 is 11.3 Å². The van der Waals surface area contributed by atoms with Gasteiger partial charge >= 0.3 is 0 Å². The van der Waals surface area contributed by atoms with Gasteiger partial charge in [-0.1, -0.05) is 13.0 Å². The normalized spacial score (nSPS) is 22.2. The highest BCUT2D eigenvalue weighted by atomic mass is 32.1. The van der Waals surface area contributed by atoms with E-state index in [9.17, 15) is 4.79 Å². The van der Waals surface area contributed by atoms with Crippen LogP contribution in [-0.2, 0) is 24.9 Å². The van der Waals surface area contributed by atoms with Gasteiger partial charge in [0, 0.05) is 44.6 Å². The van der Waals surface area contributed by atoms with Crippen molar-refractivity contribution in [3.8, 4) is 0 Å². The number of hydrogen-bond donors (Lipinski definition) is 0. The van der Waals surface area contributed by atoms with Gasteiger partial charge in [0.2, 0.25) is 5.91 Å². The molecular formula is C19H26N4OS. The molecule has 0 N–H and O–H groups in total. The Labute approximate surface area is 153 Å². The van der Waals surface area contributed by atoms with Crippen LogP contribution in [0.5, 0.6) is 0 Å². The molecule has 5 nitrogen and oxygen atoms in total. The third kappa shape index (κ3) is 3.37. The summed E-state index contributed by atoms with van der Waals surface area (Å²) in [7, 11) is 2.01. The van der Waals surface area contributed by atoms with Crippen LogP contribution in [0.2, 0.25) is 0 Å². The number of nitrogens with zero attached hydrogens (tertiary/aromatic N) is 4. The Morgan fingerprint density at radius 3 is 2.88 bits per heavy atom. The van der Waals surface area contributed by atoms with E-state index in [4.69, 9.17) is 0 Å². The van der Waals surface area contributed by atoms with Gasteiger partial charge in [-0.25, -0.2) is 4.98 Å². The standard InChI is InChI=1S/C19H26N4OS/c1-14-5-7-23(8-6-14)19(24)16-11-22(10-15-4-3-9-25-15)12-17-18(16)21(2)13-20-17/h3-4,9,13-14,16H,5-8,10-12H2,1-2H3/t16-/m0/s1. The molecule has 4 heterocycles. The fraction of sp³-hybridized carbons (Fsp3) is 0.579. The summed E-state index contributed by atoms with van der Waals surface area (Å²) in [5.41, 5.74) is 2.18. The number of rotatable bonds is 3. The minimum Gasteiger partial charge on any atom is -0.342 e. The molecule has 1 atom stereocenters. The summed E-state index contributed by atoms with van der Waals surface area (Å²) in [4.78, 5) is 23.7. The first-order chi connectivity index (χ1) is 12.1. The molecule has 1 amide bonds. The van der Waals surface area contributed by atoms with Crippen molar-refractivity contribution in [1.82, 2.24) is 19.4 Å². The quantitative estimate of drug-likeness (QED) is 0.847. The van der Waals surface area contributed by atoms with E-state index < -0.39 is 0 Å². The highest BCUT2D eigenvalue weighted by Gasteiger charge is 2.36. The Balaban J connectivity index is 1.56. The fourth-order valence-electron chi connectivity index (χ4n) is 4.07. The zero-order valence-electron chi connectivity index (χ0n) is 15.0. The molecule has 0 bridgehead atoms. The molecule has 4 rings (SSSR count). The van der Waals surface area contributed by atoms with E-state index in [1.165, 1.54) is 4.88 Å². The van der Waals surface area contributed by atoms with Gasteiger partial charge < -0.3 is 9.47 Å². The second-order valence-electron chi connectivity index (χ2n) is 7.50. The van der Waals surface area contributed by atoms with Crippen LogP contribution in [0.25, 0.3) is 0 Å². The Bertz CT molecular complexity index is 731. The fourth-order valence-corrected chi connectivity index (χ4v) is 4.81. The molecule has 2 aromatic heterocycles. The topological polar surface area (TPSA) is 41.4 Å². The van der Waals surface area contributed by atoms with Crippen molar-refractivity contribution in [1.29, 1.82) is 0 Å². The largest absolute Gasteiger partial charge is 0.342 e. The third-order valence-electron chi connectivity index (χ3n) is 5.56. The lowest BCUT2D eigenvalue weighted by Crippen LogP contribution is -2.46. The average molecular weight is 359 g/mol. The number of aromatic nitrogens is 2. The lowest BCUT2D eigenvalue weighted by Gasteiger charge is -2.37. The smallest absolute Gasteiger partial charge is 0.233 e. The number of aryl methyl sites for hydroxylation is 1. The molecular weight excluding hydrogens is 332 g/mol. The summed E-state index contributed by atoms with van der Waals surface area (Å²) in [5, 5.41) is 2.11. The number of imidazole rings is 1. The first-order valence-corrected chi connectivity index (χ1v) is 10.0. The minimum atomic E-state index is -0.0929. The highest BCUT2D eigenvalue weighted by molar-refractivity contribution is 7.09. The molecule has 25 heavy (non-hydrogen) atoms. The number of carbonyl (C=O) groups excluding carboxylic acids is 1. The maximum absolute atomic E-state index is 13.3. The van der Waals surface area contributed by atoms with Crippen LogP contribution < -0.4 is 0 Å². The molecule has 0 saturated carbocycles. The summed E-state index contributed by atoms with van der Waals surface area (Å²) in [6.07, 6.45) is 4.10. The number of likely N-dealkylation sites (tertiary alicyclic amines) is 1. The summed E-state index contributed by atoms with van der Waals surface area (Å²) >= 11 is 1.78. The van der Waals surface area contributed by atoms with Crippen LogP contribution in [-0.4, -0.2) is 44.9 Å². The molecule has 134 valence electrons. The van der Waals surface area contributed by atoms with Crippen LogP contribution in [0.15, 0.2) is 23.8 Å². The molecule has 2 aliphatic rings. The average Bonchev–Trinajstić information content (AvgIpc) is 3.25. The molecule has 1 fully saturated rings. The maximum atomic E-state index is 13.3. The Morgan fingerprint density at radius 2 is 2.16 bits per heavy atom. The molecule has 6 heteroatoms. The summed E-state index contributed by atoms with van der Waals surface area (Å²) in [6.45, 7) is 6.59. The van der Waals surface area contributed by atoms with E-state index in [-0.39, 0.29) is 11.8 Å². The molecule has 0 spiro atoms. The molecule has 0 unspecified atom stereocenters. The van der Waals surface area contributed by atoms with Crippen molar-refractivity contribution in [2.75, 3.05) is 19.6 Å². The predicted molar refractivity (Wildman–Crippen MR) is 99.4 cm³/mol. The Hall–Kier alpha value is -1.66. The van der Waals surface area contributed by atoms with E-state index >= 15 is 0 Å². The van der Waals surface area contributed by atoms with Gasteiger partial charge in [0.05, 0.1) is 23.6 Å². The van der Waals surface area contributed by atoms with Crippen molar-refractivity contribution < 1.29 is 4.79 Å².